The minimum Gasteiger partial charge on any atom is -0.468 e. The zero-order valence-corrected chi connectivity index (χ0v) is 10.0. The fourth-order valence-corrected chi connectivity index (χ4v) is 1.43. The summed E-state index contributed by atoms with van der Waals surface area (Å²) in [6.07, 6.45) is 1.28. The zero-order chi connectivity index (χ0) is 13.0. The van der Waals surface area contributed by atoms with Gasteiger partial charge >= 0.3 is 11.9 Å². The molecule has 0 aliphatic heterocycles. The lowest BCUT2D eigenvalue weighted by atomic mass is 10.0. The maximum Gasteiger partial charge on any atom is 0.326 e. The number of halogens is 1. The molecule has 6 nitrogen and oxygen atoms in total. The Morgan fingerprint density at radius 1 is 1.35 bits per heavy atom. The number of esters is 2. The van der Waals surface area contributed by atoms with E-state index in [9.17, 15) is 9.59 Å². The third-order valence-electron chi connectivity index (χ3n) is 2.06. The van der Waals surface area contributed by atoms with Crippen molar-refractivity contribution in [2.75, 3.05) is 20.0 Å². The molecule has 1 aromatic heterocycles. The van der Waals surface area contributed by atoms with E-state index in [-0.39, 0.29) is 11.4 Å². The summed E-state index contributed by atoms with van der Waals surface area (Å²) in [5, 5.41) is 0.305. The lowest BCUT2D eigenvalue weighted by Gasteiger charge is -2.13. The molecule has 0 radical (unpaired) electrons. The van der Waals surface area contributed by atoms with Crippen LogP contribution in [0.3, 0.4) is 0 Å². The van der Waals surface area contributed by atoms with Crippen LogP contribution in [-0.4, -0.2) is 31.1 Å². The molecule has 1 heterocycles. The summed E-state index contributed by atoms with van der Waals surface area (Å²) < 4.78 is 9.01. The Morgan fingerprint density at radius 3 is 2.29 bits per heavy atom. The molecular formula is C10H11ClN2O4. The van der Waals surface area contributed by atoms with Gasteiger partial charge < -0.3 is 15.2 Å². The van der Waals surface area contributed by atoms with Gasteiger partial charge in [-0.3, -0.25) is 14.6 Å². The standard InChI is InChI=1S/C10H11ClN2O4/c1-16-9(14)7(10(15)17-2)8-6(12)3-5(11)4-13-8/h3-4,7H,12H2,1-2H3. The zero-order valence-electron chi connectivity index (χ0n) is 9.27. The average molecular weight is 259 g/mol. The van der Waals surface area contributed by atoms with Crippen molar-refractivity contribution in [2.24, 2.45) is 0 Å². The van der Waals surface area contributed by atoms with Gasteiger partial charge in [0.25, 0.3) is 0 Å². The molecule has 0 fully saturated rings. The van der Waals surface area contributed by atoms with E-state index in [1.807, 2.05) is 0 Å². The second kappa shape index (κ2) is 5.49. The molecule has 92 valence electrons. The molecule has 2 N–H and O–H groups in total. The fraction of sp³-hybridized carbons (Fsp3) is 0.300. The minimum absolute atomic E-state index is 0.0631. The molecule has 7 heteroatoms. The van der Waals surface area contributed by atoms with E-state index in [2.05, 4.69) is 14.5 Å². The molecule has 0 aromatic carbocycles. The van der Waals surface area contributed by atoms with Gasteiger partial charge in [0.2, 0.25) is 0 Å². The Bertz CT molecular complexity index is 434. The molecule has 0 unspecified atom stereocenters. The molecule has 0 aliphatic carbocycles. The molecule has 0 bridgehead atoms. The van der Waals surface area contributed by atoms with E-state index in [0.717, 1.165) is 14.2 Å². The van der Waals surface area contributed by atoms with Crippen LogP contribution in [0.2, 0.25) is 5.02 Å². The van der Waals surface area contributed by atoms with Gasteiger partial charge in [-0.25, -0.2) is 0 Å². The predicted octanol–water partition coefficient (Wildman–Crippen LogP) is 0.747. The van der Waals surface area contributed by atoms with Gasteiger partial charge in [-0.15, -0.1) is 0 Å². The highest BCUT2D eigenvalue weighted by Crippen LogP contribution is 2.24. The van der Waals surface area contributed by atoms with Crippen LogP contribution in [0.15, 0.2) is 12.3 Å². The Kier molecular flexibility index (Phi) is 4.28. The Balaban J connectivity index is 3.22. The summed E-state index contributed by atoms with van der Waals surface area (Å²) in [6, 6.07) is 1.39. The van der Waals surface area contributed by atoms with Crippen LogP contribution in [0.5, 0.6) is 0 Å². The summed E-state index contributed by atoms with van der Waals surface area (Å²) in [4.78, 5) is 26.9. The molecule has 1 rings (SSSR count). The summed E-state index contributed by atoms with van der Waals surface area (Å²) in [6.45, 7) is 0. The number of rotatable bonds is 3. The molecule has 1 aromatic rings. The SMILES string of the molecule is COC(=O)C(C(=O)OC)c1ncc(Cl)cc1N. The van der Waals surface area contributed by atoms with E-state index < -0.39 is 17.9 Å². The first-order chi connectivity index (χ1) is 8.01. The van der Waals surface area contributed by atoms with Crippen molar-refractivity contribution < 1.29 is 19.1 Å². The first-order valence-electron chi connectivity index (χ1n) is 4.57. The molecule has 0 atom stereocenters. The number of anilines is 1. The van der Waals surface area contributed by atoms with Crippen molar-refractivity contribution in [2.45, 2.75) is 5.92 Å². The minimum atomic E-state index is -1.30. The highest BCUT2D eigenvalue weighted by Gasteiger charge is 2.33. The van der Waals surface area contributed by atoms with Crippen molar-refractivity contribution in [3.63, 3.8) is 0 Å². The summed E-state index contributed by atoms with van der Waals surface area (Å²) >= 11 is 5.67. The van der Waals surface area contributed by atoms with Gasteiger partial charge in [0, 0.05) is 6.20 Å². The Morgan fingerprint density at radius 2 is 1.88 bits per heavy atom. The number of pyridine rings is 1. The van der Waals surface area contributed by atoms with Crippen LogP contribution in [-0.2, 0) is 19.1 Å². The number of nitrogen functional groups attached to an aromatic ring is 1. The molecule has 0 saturated heterocycles. The average Bonchev–Trinajstić information content (AvgIpc) is 2.31. The molecule has 0 aliphatic rings. The van der Waals surface area contributed by atoms with Crippen LogP contribution in [0, 0.1) is 0 Å². The third kappa shape index (κ3) is 2.85. The van der Waals surface area contributed by atoms with E-state index in [4.69, 9.17) is 17.3 Å². The van der Waals surface area contributed by atoms with Crippen LogP contribution in [0.4, 0.5) is 5.69 Å². The smallest absolute Gasteiger partial charge is 0.326 e. The number of nitrogens with two attached hydrogens (primary N) is 1. The van der Waals surface area contributed by atoms with Gasteiger partial charge in [-0.2, -0.15) is 0 Å². The first kappa shape index (κ1) is 13.2. The quantitative estimate of drug-likeness (QED) is 0.635. The Labute approximate surface area is 103 Å². The van der Waals surface area contributed by atoms with E-state index in [1.54, 1.807) is 0 Å². The second-order valence-corrected chi connectivity index (χ2v) is 3.54. The first-order valence-corrected chi connectivity index (χ1v) is 4.95. The van der Waals surface area contributed by atoms with Gasteiger partial charge in [0.1, 0.15) is 0 Å². The van der Waals surface area contributed by atoms with Crippen molar-refractivity contribution in [3.05, 3.63) is 23.0 Å². The van der Waals surface area contributed by atoms with Gasteiger partial charge in [-0.1, -0.05) is 11.6 Å². The Hall–Kier alpha value is -1.82. The molecule has 0 spiro atoms. The summed E-state index contributed by atoms with van der Waals surface area (Å²) in [5.41, 5.74) is 5.83. The van der Waals surface area contributed by atoms with Crippen molar-refractivity contribution >= 4 is 29.2 Å². The van der Waals surface area contributed by atoms with Crippen LogP contribution < -0.4 is 5.73 Å². The number of ether oxygens (including phenoxy) is 2. The lowest BCUT2D eigenvalue weighted by molar-refractivity contribution is -0.154. The van der Waals surface area contributed by atoms with E-state index >= 15 is 0 Å². The molecule has 17 heavy (non-hydrogen) atoms. The third-order valence-corrected chi connectivity index (χ3v) is 2.27. The number of carbonyl (C=O) groups excluding carboxylic acids is 2. The number of carbonyl (C=O) groups is 2. The fourth-order valence-electron chi connectivity index (χ4n) is 1.26. The summed E-state index contributed by atoms with van der Waals surface area (Å²) in [7, 11) is 2.31. The largest absolute Gasteiger partial charge is 0.468 e. The van der Waals surface area contributed by atoms with Crippen molar-refractivity contribution in [3.8, 4) is 0 Å². The number of hydrogen-bond acceptors (Lipinski definition) is 6. The summed E-state index contributed by atoms with van der Waals surface area (Å²) in [5.74, 6) is -2.89. The topological polar surface area (TPSA) is 91.5 Å². The number of nitrogens with zero attached hydrogens (tertiary/aromatic N) is 1. The predicted molar refractivity (Wildman–Crippen MR) is 60.4 cm³/mol. The number of aromatic nitrogens is 1. The van der Waals surface area contributed by atoms with Crippen molar-refractivity contribution in [1.29, 1.82) is 0 Å². The normalized spacial score (nSPS) is 10.1. The van der Waals surface area contributed by atoms with Gasteiger partial charge in [0.05, 0.1) is 30.6 Å². The van der Waals surface area contributed by atoms with Crippen LogP contribution in [0.1, 0.15) is 11.6 Å². The maximum atomic E-state index is 11.5. The second-order valence-electron chi connectivity index (χ2n) is 3.11. The lowest BCUT2D eigenvalue weighted by Crippen LogP contribution is -2.26. The maximum absolute atomic E-state index is 11.5. The number of hydrogen-bond donors (Lipinski definition) is 1. The molecule has 0 saturated carbocycles. The van der Waals surface area contributed by atoms with E-state index in [1.165, 1.54) is 12.3 Å². The highest BCUT2D eigenvalue weighted by molar-refractivity contribution is 6.30. The van der Waals surface area contributed by atoms with E-state index in [0.29, 0.717) is 5.02 Å². The van der Waals surface area contributed by atoms with Crippen LogP contribution in [0.25, 0.3) is 0 Å². The van der Waals surface area contributed by atoms with Crippen molar-refractivity contribution in [1.82, 2.24) is 4.98 Å². The highest BCUT2D eigenvalue weighted by atomic mass is 35.5. The monoisotopic (exact) mass is 258 g/mol. The molecular weight excluding hydrogens is 248 g/mol. The van der Waals surface area contributed by atoms with Gasteiger partial charge in [-0.05, 0) is 6.07 Å². The van der Waals surface area contributed by atoms with Crippen LogP contribution >= 0.6 is 11.6 Å². The van der Waals surface area contributed by atoms with Gasteiger partial charge in [0.15, 0.2) is 5.92 Å². The molecule has 0 amide bonds. The number of methoxy groups -OCH3 is 2.